The van der Waals surface area contributed by atoms with Gasteiger partial charge in [0.05, 0.1) is 11.7 Å². The lowest BCUT2D eigenvalue weighted by Gasteiger charge is -2.43. The Morgan fingerprint density at radius 3 is 2.79 bits per heavy atom. The zero-order valence-corrected chi connectivity index (χ0v) is 13.8. The summed E-state index contributed by atoms with van der Waals surface area (Å²) in [5, 5.41) is 0. The Morgan fingerprint density at radius 2 is 2.04 bits per heavy atom. The number of carbonyl (C=O) groups excluding carboxylic acids is 1. The number of likely N-dealkylation sites (tertiary alicyclic amines) is 1. The van der Waals surface area contributed by atoms with Crippen LogP contribution in [0.3, 0.4) is 0 Å². The number of halogens is 2. The Morgan fingerprint density at radius 1 is 1.29 bits per heavy atom. The van der Waals surface area contributed by atoms with E-state index in [0.717, 1.165) is 32.1 Å². The van der Waals surface area contributed by atoms with Crippen molar-refractivity contribution in [2.75, 3.05) is 20.2 Å². The number of alkyl halides is 2. The first-order valence-corrected chi connectivity index (χ1v) is 8.42. The van der Waals surface area contributed by atoms with Crippen LogP contribution in [0.2, 0.25) is 0 Å². The maximum Gasteiger partial charge on any atom is 0.387 e. The Balaban J connectivity index is 1.80. The normalized spacial score (nSPS) is 27.0. The molecule has 0 bridgehead atoms. The van der Waals surface area contributed by atoms with Crippen LogP contribution in [0, 0.1) is 5.41 Å². The summed E-state index contributed by atoms with van der Waals surface area (Å²) in [7, 11) is 1.73. The standard InChI is InChI=1S/C18H23F2NO3/c1-23-15-8-4-9-18(15)10-5-11-21(12-18)16(22)13-6-2-3-7-14(13)24-17(19)20/h2-3,6-7,15,17H,4-5,8-12H2,1H3/t15-,18+/m1/s1. The second-order valence-corrected chi connectivity index (χ2v) is 6.68. The summed E-state index contributed by atoms with van der Waals surface area (Å²) in [6.07, 6.45) is 5.29. The van der Waals surface area contributed by atoms with Crippen molar-refractivity contribution in [2.24, 2.45) is 5.41 Å². The predicted octanol–water partition coefficient (Wildman–Crippen LogP) is 3.71. The minimum Gasteiger partial charge on any atom is -0.434 e. The van der Waals surface area contributed by atoms with Crippen LogP contribution in [0.15, 0.2) is 24.3 Å². The number of benzene rings is 1. The van der Waals surface area contributed by atoms with Crippen LogP contribution in [0.4, 0.5) is 8.78 Å². The predicted molar refractivity (Wildman–Crippen MR) is 85.3 cm³/mol. The number of amides is 1. The molecule has 1 heterocycles. The molecule has 1 spiro atoms. The molecule has 1 aliphatic carbocycles. The molecule has 1 amide bonds. The summed E-state index contributed by atoms with van der Waals surface area (Å²) < 4.78 is 35.3. The smallest absolute Gasteiger partial charge is 0.387 e. The summed E-state index contributed by atoms with van der Waals surface area (Å²) in [5.41, 5.74) is 0.197. The van der Waals surface area contributed by atoms with Crippen molar-refractivity contribution in [1.82, 2.24) is 4.90 Å². The van der Waals surface area contributed by atoms with Gasteiger partial charge < -0.3 is 14.4 Å². The number of methoxy groups -OCH3 is 1. The summed E-state index contributed by atoms with van der Waals surface area (Å²) in [4.78, 5) is 14.7. The highest BCUT2D eigenvalue weighted by Gasteiger charge is 2.46. The van der Waals surface area contributed by atoms with E-state index >= 15 is 0 Å². The van der Waals surface area contributed by atoms with E-state index in [1.165, 1.54) is 6.07 Å². The molecule has 6 heteroatoms. The minimum atomic E-state index is -2.95. The van der Waals surface area contributed by atoms with Gasteiger partial charge in [0.1, 0.15) is 5.75 Å². The van der Waals surface area contributed by atoms with E-state index in [1.807, 2.05) is 0 Å². The van der Waals surface area contributed by atoms with Gasteiger partial charge in [0.2, 0.25) is 0 Å². The van der Waals surface area contributed by atoms with Crippen molar-refractivity contribution >= 4 is 5.91 Å². The summed E-state index contributed by atoms with van der Waals surface area (Å²) in [6, 6.07) is 6.21. The highest BCUT2D eigenvalue weighted by Crippen LogP contribution is 2.46. The molecule has 24 heavy (non-hydrogen) atoms. The van der Waals surface area contributed by atoms with Crippen LogP contribution < -0.4 is 4.74 Å². The second-order valence-electron chi connectivity index (χ2n) is 6.68. The van der Waals surface area contributed by atoms with Gasteiger partial charge in [-0.3, -0.25) is 4.79 Å². The number of hydrogen-bond donors (Lipinski definition) is 0. The third-order valence-corrected chi connectivity index (χ3v) is 5.34. The van der Waals surface area contributed by atoms with Gasteiger partial charge in [0, 0.05) is 25.6 Å². The first kappa shape index (κ1) is 17.1. The van der Waals surface area contributed by atoms with Crippen LogP contribution >= 0.6 is 0 Å². The maximum atomic E-state index is 12.9. The largest absolute Gasteiger partial charge is 0.434 e. The molecule has 2 fully saturated rings. The molecule has 1 aliphatic heterocycles. The van der Waals surface area contributed by atoms with E-state index in [9.17, 15) is 13.6 Å². The van der Waals surface area contributed by atoms with E-state index in [4.69, 9.17) is 4.74 Å². The lowest BCUT2D eigenvalue weighted by atomic mass is 9.76. The summed E-state index contributed by atoms with van der Waals surface area (Å²) in [6.45, 7) is -1.69. The monoisotopic (exact) mass is 339 g/mol. The van der Waals surface area contributed by atoms with Gasteiger partial charge in [-0.15, -0.1) is 0 Å². The second kappa shape index (κ2) is 7.05. The van der Waals surface area contributed by atoms with Gasteiger partial charge in [0.25, 0.3) is 5.91 Å². The van der Waals surface area contributed by atoms with Crippen LogP contribution in [-0.4, -0.2) is 43.7 Å². The van der Waals surface area contributed by atoms with Crippen LogP contribution in [0.5, 0.6) is 5.75 Å². The van der Waals surface area contributed by atoms with Crippen LogP contribution in [0.25, 0.3) is 0 Å². The molecule has 1 saturated heterocycles. The van der Waals surface area contributed by atoms with Gasteiger partial charge in [-0.05, 0) is 37.8 Å². The number of nitrogens with zero attached hydrogens (tertiary/aromatic N) is 1. The van der Waals surface area contributed by atoms with Gasteiger partial charge in [-0.25, -0.2) is 0 Å². The highest BCUT2D eigenvalue weighted by atomic mass is 19.3. The highest BCUT2D eigenvalue weighted by molar-refractivity contribution is 5.97. The number of ether oxygens (including phenoxy) is 2. The molecule has 0 aromatic heterocycles. The molecule has 0 N–H and O–H groups in total. The fourth-order valence-corrected chi connectivity index (χ4v) is 4.29. The number of rotatable bonds is 4. The molecule has 3 rings (SSSR count). The van der Waals surface area contributed by atoms with Crippen LogP contribution in [0.1, 0.15) is 42.5 Å². The Bertz CT molecular complexity index is 595. The van der Waals surface area contributed by atoms with Gasteiger partial charge in [-0.1, -0.05) is 18.6 Å². The Labute approximate surface area is 140 Å². The van der Waals surface area contributed by atoms with Crippen molar-refractivity contribution < 1.29 is 23.0 Å². The van der Waals surface area contributed by atoms with E-state index in [2.05, 4.69) is 4.74 Å². The topological polar surface area (TPSA) is 38.8 Å². The van der Waals surface area contributed by atoms with E-state index in [-0.39, 0.29) is 28.7 Å². The molecule has 0 unspecified atom stereocenters. The molecule has 1 aromatic rings. The van der Waals surface area contributed by atoms with Crippen molar-refractivity contribution in [1.29, 1.82) is 0 Å². The maximum absolute atomic E-state index is 12.9. The molecule has 2 atom stereocenters. The number of carbonyl (C=O) groups is 1. The number of para-hydroxylation sites is 1. The molecule has 132 valence electrons. The first-order valence-electron chi connectivity index (χ1n) is 8.42. The lowest BCUT2D eigenvalue weighted by Crippen LogP contribution is -2.49. The van der Waals surface area contributed by atoms with E-state index < -0.39 is 6.61 Å². The van der Waals surface area contributed by atoms with E-state index in [0.29, 0.717) is 13.1 Å². The molecular formula is C18H23F2NO3. The average Bonchev–Trinajstić information content (AvgIpc) is 2.96. The van der Waals surface area contributed by atoms with Gasteiger partial charge in [0.15, 0.2) is 0 Å². The Hall–Kier alpha value is -1.69. The zero-order chi connectivity index (χ0) is 17.2. The number of hydrogen-bond acceptors (Lipinski definition) is 3. The third kappa shape index (κ3) is 3.24. The molecule has 1 aromatic carbocycles. The Kier molecular flexibility index (Phi) is 5.04. The summed E-state index contributed by atoms with van der Waals surface area (Å²) in [5.74, 6) is -0.307. The first-order chi connectivity index (χ1) is 11.6. The lowest BCUT2D eigenvalue weighted by molar-refractivity contribution is -0.0506. The van der Waals surface area contributed by atoms with Crippen molar-refractivity contribution in [2.45, 2.75) is 44.8 Å². The average molecular weight is 339 g/mol. The number of piperidine rings is 1. The minimum absolute atomic E-state index is 0.00117. The van der Waals surface area contributed by atoms with E-state index in [1.54, 1.807) is 30.2 Å². The zero-order valence-electron chi connectivity index (χ0n) is 13.8. The van der Waals surface area contributed by atoms with Gasteiger partial charge >= 0.3 is 6.61 Å². The fourth-order valence-electron chi connectivity index (χ4n) is 4.29. The summed E-state index contributed by atoms with van der Waals surface area (Å²) >= 11 is 0. The van der Waals surface area contributed by atoms with Crippen molar-refractivity contribution in [3.05, 3.63) is 29.8 Å². The molecule has 1 saturated carbocycles. The molecule has 0 radical (unpaired) electrons. The third-order valence-electron chi connectivity index (χ3n) is 5.34. The van der Waals surface area contributed by atoms with Gasteiger partial charge in [-0.2, -0.15) is 8.78 Å². The van der Waals surface area contributed by atoms with Crippen LogP contribution in [-0.2, 0) is 4.74 Å². The molecular weight excluding hydrogens is 316 g/mol. The molecule has 2 aliphatic rings. The fraction of sp³-hybridized carbons (Fsp3) is 0.611. The SMILES string of the molecule is CO[C@@H]1CCC[C@@]12CCCN(C(=O)c1ccccc1OC(F)F)C2. The quantitative estimate of drug-likeness (QED) is 0.839. The van der Waals surface area contributed by atoms with Crippen molar-refractivity contribution in [3.63, 3.8) is 0 Å². The molecule has 4 nitrogen and oxygen atoms in total. The van der Waals surface area contributed by atoms with Crippen molar-refractivity contribution in [3.8, 4) is 5.75 Å².